The zero-order valence-corrected chi connectivity index (χ0v) is 21.9. The van der Waals surface area contributed by atoms with E-state index in [-0.39, 0.29) is 28.6 Å². The normalized spacial score (nSPS) is 17.3. The summed E-state index contributed by atoms with van der Waals surface area (Å²) in [5, 5.41) is 4.54. The molecular weight excluding hydrogens is 489 g/mol. The Morgan fingerprint density at radius 2 is 1.00 bits per heavy atom. The summed E-state index contributed by atoms with van der Waals surface area (Å²) >= 11 is -0.356. The van der Waals surface area contributed by atoms with Crippen molar-refractivity contribution in [3.8, 4) is 0 Å². The molecule has 4 heteroatoms. The van der Waals surface area contributed by atoms with Crippen LogP contribution in [0.2, 0.25) is 0 Å². The Kier molecular flexibility index (Phi) is 7.97. The summed E-state index contributed by atoms with van der Waals surface area (Å²) in [6.07, 6.45) is 4.96. The largest absolute Gasteiger partial charge is 1.00 e. The van der Waals surface area contributed by atoms with Gasteiger partial charge in [-0.05, 0) is 0 Å². The van der Waals surface area contributed by atoms with Crippen molar-refractivity contribution in [2.45, 2.75) is 15.4 Å². The predicted octanol–water partition coefficient (Wildman–Crippen LogP) is 1.46. The molecule has 2 aliphatic carbocycles. The maximum Gasteiger partial charge on any atom is -1.00 e. The monoisotopic (exact) mass is 514 g/mol. The van der Waals surface area contributed by atoms with Gasteiger partial charge in [-0.25, -0.2) is 0 Å². The third-order valence-electron chi connectivity index (χ3n) is 6.67. The summed E-state index contributed by atoms with van der Waals surface area (Å²) in [7, 11) is -0.567. The molecule has 0 fully saturated rings. The first-order chi connectivity index (χ1) is 16.3. The van der Waals surface area contributed by atoms with E-state index in [2.05, 4.69) is 128 Å². The van der Waals surface area contributed by atoms with E-state index in [4.69, 9.17) is 0 Å². The van der Waals surface area contributed by atoms with Crippen molar-refractivity contribution >= 4 is 30.7 Å². The molecule has 0 heterocycles. The molecule has 35 heavy (non-hydrogen) atoms. The summed E-state index contributed by atoms with van der Waals surface area (Å²) in [6, 6.07) is 40.5. The number of hydrogen-bond acceptors (Lipinski definition) is 0. The third kappa shape index (κ3) is 4.76. The minimum absolute atomic E-state index is 0. The SMILES string of the molecule is CC1=Cc2ccccc2[CH]1[Ti+2][CH]1C(P(c2ccccc2)c2ccccc2)=Cc2ccccc21.[F-].[F-]. The maximum atomic E-state index is 2.54. The van der Waals surface area contributed by atoms with Crippen molar-refractivity contribution in [3.05, 3.63) is 142 Å². The van der Waals surface area contributed by atoms with Crippen LogP contribution in [0.25, 0.3) is 12.2 Å². The quantitative estimate of drug-likeness (QED) is 0.280. The van der Waals surface area contributed by atoms with E-state index in [0.717, 1.165) is 0 Å². The smallest absolute Gasteiger partial charge is 1.00 e. The van der Waals surface area contributed by atoms with Gasteiger partial charge >= 0.3 is 208 Å². The Bertz CT molecular complexity index is 1330. The first-order valence-corrected chi connectivity index (χ1v) is 14.7. The average molecular weight is 514 g/mol. The maximum absolute atomic E-state index is 2.54. The molecule has 0 N–H and O–H groups in total. The molecule has 0 amide bonds. The zero-order valence-electron chi connectivity index (χ0n) is 19.4. The molecule has 4 aromatic carbocycles. The fourth-order valence-corrected chi connectivity index (χ4v) is 11.4. The molecule has 4 aromatic rings. The Morgan fingerprint density at radius 1 is 0.543 bits per heavy atom. The van der Waals surface area contributed by atoms with Gasteiger partial charge in [-0.1, -0.05) is 0 Å². The molecular formula is C31H25F2PTi. The third-order valence-corrected chi connectivity index (χ3v) is 12.8. The van der Waals surface area contributed by atoms with Gasteiger partial charge in [0, 0.05) is 0 Å². The number of hydrogen-bond donors (Lipinski definition) is 0. The van der Waals surface area contributed by atoms with Gasteiger partial charge in [-0.2, -0.15) is 0 Å². The molecule has 0 aliphatic heterocycles. The van der Waals surface area contributed by atoms with Crippen LogP contribution in [0.5, 0.6) is 0 Å². The second-order valence-corrected chi connectivity index (χ2v) is 13.3. The summed E-state index contributed by atoms with van der Waals surface area (Å²) < 4.78 is 1.15. The zero-order chi connectivity index (χ0) is 22.2. The van der Waals surface area contributed by atoms with Gasteiger partial charge in [0.25, 0.3) is 0 Å². The van der Waals surface area contributed by atoms with Crippen LogP contribution < -0.4 is 20.0 Å². The van der Waals surface area contributed by atoms with E-state index < -0.39 is 7.92 Å². The summed E-state index contributed by atoms with van der Waals surface area (Å²) in [5.74, 6) is 0. The topological polar surface area (TPSA) is 0 Å². The van der Waals surface area contributed by atoms with Crippen molar-refractivity contribution in [2.24, 2.45) is 0 Å². The summed E-state index contributed by atoms with van der Waals surface area (Å²) in [6.45, 7) is 2.34. The minimum Gasteiger partial charge on any atom is -1.00 e. The number of benzene rings is 4. The molecule has 2 unspecified atom stereocenters. The second kappa shape index (κ2) is 11.0. The molecule has 6 rings (SSSR count). The van der Waals surface area contributed by atoms with E-state index >= 15 is 0 Å². The van der Waals surface area contributed by atoms with Gasteiger partial charge in [0.1, 0.15) is 0 Å². The molecule has 0 aromatic heterocycles. The van der Waals surface area contributed by atoms with Crippen LogP contribution >= 0.6 is 7.92 Å². The van der Waals surface area contributed by atoms with Crippen LogP contribution in [0, 0.1) is 0 Å². The van der Waals surface area contributed by atoms with Gasteiger partial charge in [0.2, 0.25) is 0 Å². The van der Waals surface area contributed by atoms with Gasteiger partial charge in [-0.15, -0.1) is 0 Å². The van der Waals surface area contributed by atoms with Crippen molar-refractivity contribution in [2.75, 3.05) is 0 Å². The number of halogens is 2. The van der Waals surface area contributed by atoms with Crippen molar-refractivity contribution in [1.29, 1.82) is 0 Å². The summed E-state index contributed by atoms with van der Waals surface area (Å²) in [4.78, 5) is 0. The Hall–Kier alpha value is -2.64. The number of allylic oxidation sites excluding steroid dienone is 2. The summed E-state index contributed by atoms with van der Waals surface area (Å²) in [5.41, 5.74) is 7.48. The second-order valence-electron chi connectivity index (χ2n) is 8.75. The Morgan fingerprint density at radius 3 is 1.57 bits per heavy atom. The van der Waals surface area contributed by atoms with Gasteiger partial charge < -0.3 is 9.41 Å². The van der Waals surface area contributed by atoms with Crippen LogP contribution in [-0.2, 0) is 19.2 Å². The minimum atomic E-state index is -0.567. The average Bonchev–Trinajstić information content (AvgIpc) is 3.38. The van der Waals surface area contributed by atoms with Crippen LogP contribution in [0.3, 0.4) is 0 Å². The molecule has 0 nitrogen and oxygen atoms in total. The fourth-order valence-electron chi connectivity index (χ4n) is 5.14. The van der Waals surface area contributed by atoms with Crippen LogP contribution in [0.4, 0.5) is 0 Å². The van der Waals surface area contributed by atoms with Gasteiger partial charge in [-0.3, -0.25) is 0 Å². The predicted molar refractivity (Wildman–Crippen MR) is 139 cm³/mol. The number of fused-ring (bicyclic) bond motifs is 2. The standard InChI is InChI=1S/C21H16P.C10H9.2FH.Ti/c1-3-11-19(12-4-1)22(20-13-5-2-6-14-20)21-15-17-9-7-8-10-18(17)16-21;1-8-6-9-4-2-3-5-10(9)7-8;;;/h1-16H;2-7H,1H3;2*1H;/q;;;;+2/p-2. The number of rotatable bonds is 5. The van der Waals surface area contributed by atoms with E-state index in [9.17, 15) is 0 Å². The van der Waals surface area contributed by atoms with Crippen LogP contribution in [0.1, 0.15) is 37.6 Å². The van der Waals surface area contributed by atoms with Crippen LogP contribution in [-0.4, -0.2) is 0 Å². The van der Waals surface area contributed by atoms with Crippen molar-refractivity contribution in [1.82, 2.24) is 0 Å². The Labute approximate surface area is 216 Å². The molecule has 2 aliphatic rings. The van der Waals surface area contributed by atoms with E-state index in [0.29, 0.717) is 8.45 Å². The Balaban J connectivity index is 0.00000144. The molecule has 0 saturated heterocycles. The van der Waals surface area contributed by atoms with E-state index in [1.54, 1.807) is 22.0 Å². The van der Waals surface area contributed by atoms with E-state index in [1.807, 2.05) is 0 Å². The molecule has 0 radical (unpaired) electrons. The van der Waals surface area contributed by atoms with Crippen molar-refractivity contribution < 1.29 is 28.6 Å². The molecule has 172 valence electrons. The molecule has 0 saturated carbocycles. The molecule has 0 spiro atoms. The van der Waals surface area contributed by atoms with Crippen LogP contribution in [0.15, 0.2) is 120 Å². The molecule has 2 atom stereocenters. The first kappa shape index (κ1) is 25.5. The fraction of sp³-hybridized carbons (Fsp3) is 0.0968. The first-order valence-electron chi connectivity index (χ1n) is 11.5. The van der Waals surface area contributed by atoms with Gasteiger partial charge in [0.15, 0.2) is 0 Å². The van der Waals surface area contributed by atoms with Gasteiger partial charge in [0.05, 0.1) is 0 Å². The van der Waals surface area contributed by atoms with E-state index in [1.165, 1.54) is 21.7 Å². The van der Waals surface area contributed by atoms with Crippen molar-refractivity contribution in [3.63, 3.8) is 0 Å². The molecule has 0 bridgehead atoms.